The molecule has 4 nitrogen and oxygen atoms in total. The Morgan fingerprint density at radius 1 is 1.22 bits per heavy atom. The van der Waals surface area contributed by atoms with E-state index in [1.165, 1.54) is 23.9 Å². The number of benzene rings is 1. The van der Waals surface area contributed by atoms with Gasteiger partial charge in [0.25, 0.3) is 0 Å². The molecule has 1 aliphatic carbocycles. The van der Waals surface area contributed by atoms with Crippen LogP contribution < -0.4 is 0 Å². The van der Waals surface area contributed by atoms with Crippen molar-refractivity contribution in [2.45, 2.75) is 38.5 Å². The van der Waals surface area contributed by atoms with Gasteiger partial charge < -0.3 is 4.42 Å². The molecule has 0 N–H and O–H groups in total. The van der Waals surface area contributed by atoms with Crippen LogP contribution in [-0.2, 0) is 12.8 Å². The van der Waals surface area contributed by atoms with Crippen LogP contribution in [0, 0.1) is 6.92 Å². The molecule has 0 radical (unpaired) electrons. The summed E-state index contributed by atoms with van der Waals surface area (Å²) in [7, 11) is 0. The smallest absolute Gasteiger partial charge is 0.245 e. The molecule has 0 saturated carbocycles. The monoisotopic (exact) mass is 305 g/mol. The molecule has 0 fully saturated rings. The molecule has 2 aromatic heterocycles. The molecule has 4 heteroatoms. The molecule has 1 atom stereocenters. The lowest BCUT2D eigenvalue weighted by Gasteiger charge is -2.14. The molecule has 0 aliphatic heterocycles. The van der Waals surface area contributed by atoms with Crippen molar-refractivity contribution >= 4 is 0 Å². The van der Waals surface area contributed by atoms with Gasteiger partial charge in [0.2, 0.25) is 5.89 Å². The zero-order valence-electron chi connectivity index (χ0n) is 13.2. The third kappa shape index (κ3) is 2.89. The van der Waals surface area contributed by atoms with Crippen LogP contribution in [0.3, 0.4) is 0 Å². The van der Waals surface area contributed by atoms with E-state index in [1.807, 2.05) is 6.07 Å². The quantitative estimate of drug-likeness (QED) is 0.669. The second-order valence-electron chi connectivity index (χ2n) is 6.19. The highest BCUT2D eigenvalue weighted by atomic mass is 16.4. The fourth-order valence-corrected chi connectivity index (χ4v) is 3.32. The number of hydrogen-bond donors (Lipinski definition) is 0. The SMILES string of the molecule is Cc1cccc(C2CCCc3oc(-c4ccncn4)nc3C2)c1. The zero-order valence-corrected chi connectivity index (χ0v) is 13.2. The lowest BCUT2D eigenvalue weighted by atomic mass is 9.91. The highest BCUT2D eigenvalue weighted by Crippen LogP contribution is 2.33. The van der Waals surface area contributed by atoms with Crippen molar-refractivity contribution in [1.82, 2.24) is 15.0 Å². The molecule has 4 rings (SSSR count). The maximum atomic E-state index is 5.98. The highest BCUT2D eigenvalue weighted by molar-refractivity contribution is 5.46. The van der Waals surface area contributed by atoms with Crippen molar-refractivity contribution in [3.63, 3.8) is 0 Å². The first-order valence-corrected chi connectivity index (χ1v) is 8.11. The fraction of sp³-hybridized carbons (Fsp3) is 0.316. The normalized spacial score (nSPS) is 17.5. The van der Waals surface area contributed by atoms with Crippen molar-refractivity contribution in [1.29, 1.82) is 0 Å². The summed E-state index contributed by atoms with van der Waals surface area (Å²) in [6.07, 6.45) is 7.44. The van der Waals surface area contributed by atoms with Crippen LogP contribution in [-0.4, -0.2) is 15.0 Å². The van der Waals surface area contributed by atoms with E-state index in [9.17, 15) is 0 Å². The predicted molar refractivity (Wildman–Crippen MR) is 88.1 cm³/mol. The molecule has 0 saturated heterocycles. The molecule has 0 bridgehead atoms. The Kier molecular flexibility index (Phi) is 3.66. The van der Waals surface area contributed by atoms with Crippen LogP contribution in [0.2, 0.25) is 0 Å². The number of fused-ring (bicyclic) bond motifs is 1. The van der Waals surface area contributed by atoms with Gasteiger partial charge in [0.15, 0.2) is 0 Å². The van der Waals surface area contributed by atoms with Gasteiger partial charge in [-0.15, -0.1) is 0 Å². The van der Waals surface area contributed by atoms with E-state index < -0.39 is 0 Å². The summed E-state index contributed by atoms with van der Waals surface area (Å²) in [5, 5.41) is 0. The molecule has 116 valence electrons. The first-order valence-electron chi connectivity index (χ1n) is 8.11. The standard InChI is InChI=1S/C19H19N3O/c1-13-4-2-5-14(10-13)15-6-3-7-18-17(11-15)22-19(23-18)16-8-9-20-12-21-16/h2,4-5,8-10,12,15H,3,6-7,11H2,1H3. The van der Waals surface area contributed by atoms with Gasteiger partial charge in [-0.1, -0.05) is 29.8 Å². The third-order valence-electron chi connectivity index (χ3n) is 4.49. The number of aromatic nitrogens is 3. The summed E-state index contributed by atoms with van der Waals surface area (Å²) in [6.45, 7) is 2.15. The molecule has 1 unspecified atom stereocenters. The second kappa shape index (κ2) is 5.95. The Bertz CT molecular complexity index is 810. The van der Waals surface area contributed by atoms with E-state index in [-0.39, 0.29) is 0 Å². The molecule has 3 aromatic rings. The number of rotatable bonds is 2. The minimum Gasteiger partial charge on any atom is -0.440 e. The average Bonchev–Trinajstić information content (AvgIpc) is 2.87. The van der Waals surface area contributed by atoms with E-state index in [4.69, 9.17) is 9.40 Å². The van der Waals surface area contributed by atoms with Gasteiger partial charge in [0.05, 0.1) is 5.69 Å². The minimum atomic E-state index is 0.513. The molecular formula is C19H19N3O. The Balaban J connectivity index is 1.65. The number of nitrogens with zero attached hydrogens (tertiary/aromatic N) is 3. The highest BCUT2D eigenvalue weighted by Gasteiger charge is 2.23. The average molecular weight is 305 g/mol. The summed E-state index contributed by atoms with van der Waals surface area (Å²) < 4.78 is 5.98. The van der Waals surface area contributed by atoms with Crippen molar-refractivity contribution in [3.8, 4) is 11.6 Å². The fourth-order valence-electron chi connectivity index (χ4n) is 3.32. The summed E-state index contributed by atoms with van der Waals surface area (Å²) >= 11 is 0. The predicted octanol–water partition coefficient (Wildman–Crippen LogP) is 4.10. The van der Waals surface area contributed by atoms with E-state index in [0.29, 0.717) is 11.8 Å². The second-order valence-corrected chi connectivity index (χ2v) is 6.19. The van der Waals surface area contributed by atoms with Gasteiger partial charge in [-0.3, -0.25) is 0 Å². The molecule has 23 heavy (non-hydrogen) atoms. The number of hydrogen-bond acceptors (Lipinski definition) is 4. The van der Waals surface area contributed by atoms with Gasteiger partial charge in [-0.05, 0) is 37.3 Å². The Labute approximate surface area is 135 Å². The van der Waals surface area contributed by atoms with Crippen LogP contribution in [0.25, 0.3) is 11.6 Å². The Morgan fingerprint density at radius 3 is 3.00 bits per heavy atom. The van der Waals surface area contributed by atoms with E-state index in [1.54, 1.807) is 6.20 Å². The molecule has 1 aromatic carbocycles. The van der Waals surface area contributed by atoms with Gasteiger partial charge in [0, 0.05) is 19.0 Å². The molecule has 1 aliphatic rings. The summed E-state index contributed by atoms with van der Waals surface area (Å²) in [4.78, 5) is 12.9. The Hall–Kier alpha value is -2.49. The Morgan fingerprint density at radius 2 is 2.17 bits per heavy atom. The summed E-state index contributed by atoms with van der Waals surface area (Å²) in [5.41, 5.74) is 4.56. The van der Waals surface area contributed by atoms with Crippen LogP contribution in [0.5, 0.6) is 0 Å². The van der Waals surface area contributed by atoms with Gasteiger partial charge in [-0.25, -0.2) is 15.0 Å². The van der Waals surface area contributed by atoms with Crippen molar-refractivity contribution in [2.24, 2.45) is 0 Å². The van der Waals surface area contributed by atoms with E-state index in [2.05, 4.69) is 41.2 Å². The van der Waals surface area contributed by atoms with Gasteiger partial charge >= 0.3 is 0 Å². The van der Waals surface area contributed by atoms with Crippen molar-refractivity contribution in [2.75, 3.05) is 0 Å². The van der Waals surface area contributed by atoms with E-state index in [0.717, 1.165) is 36.4 Å². The van der Waals surface area contributed by atoms with Crippen molar-refractivity contribution in [3.05, 3.63) is 65.4 Å². The topological polar surface area (TPSA) is 51.8 Å². The molecule has 2 heterocycles. The number of aryl methyl sites for hydroxylation is 2. The van der Waals surface area contributed by atoms with Crippen molar-refractivity contribution < 1.29 is 4.42 Å². The molecular weight excluding hydrogens is 286 g/mol. The minimum absolute atomic E-state index is 0.513. The zero-order chi connectivity index (χ0) is 15.6. The maximum absolute atomic E-state index is 5.98. The summed E-state index contributed by atoms with van der Waals surface area (Å²) in [6, 6.07) is 10.7. The van der Waals surface area contributed by atoms with Crippen LogP contribution >= 0.6 is 0 Å². The molecule has 0 spiro atoms. The lowest BCUT2D eigenvalue weighted by Crippen LogP contribution is -2.02. The summed E-state index contributed by atoms with van der Waals surface area (Å²) in [5.74, 6) is 2.15. The van der Waals surface area contributed by atoms with Gasteiger partial charge in [0.1, 0.15) is 17.8 Å². The number of oxazole rings is 1. The largest absolute Gasteiger partial charge is 0.440 e. The van der Waals surface area contributed by atoms with E-state index >= 15 is 0 Å². The van der Waals surface area contributed by atoms with Crippen LogP contribution in [0.4, 0.5) is 0 Å². The van der Waals surface area contributed by atoms with Crippen LogP contribution in [0.1, 0.15) is 41.3 Å². The third-order valence-corrected chi connectivity index (χ3v) is 4.49. The molecule has 0 amide bonds. The van der Waals surface area contributed by atoms with Gasteiger partial charge in [-0.2, -0.15) is 0 Å². The van der Waals surface area contributed by atoms with Crippen LogP contribution in [0.15, 0.2) is 47.3 Å². The lowest BCUT2D eigenvalue weighted by molar-refractivity contribution is 0.504. The first kappa shape index (κ1) is 14.1. The maximum Gasteiger partial charge on any atom is 0.245 e. The first-order chi connectivity index (χ1) is 11.3.